The van der Waals surface area contributed by atoms with Crippen LogP contribution in [0.3, 0.4) is 0 Å². The highest BCUT2D eigenvalue weighted by atomic mass is 16.5. The van der Waals surface area contributed by atoms with Crippen molar-refractivity contribution in [2.45, 2.75) is 6.92 Å². The molecule has 0 aliphatic carbocycles. The maximum Gasteiger partial charge on any atom is 0.339 e. The molecule has 0 fully saturated rings. The maximum atomic E-state index is 11.5. The molecule has 1 heterocycles. The van der Waals surface area contributed by atoms with Gasteiger partial charge in [-0.05, 0) is 13.0 Å². The van der Waals surface area contributed by atoms with Crippen molar-refractivity contribution in [2.24, 2.45) is 0 Å². The molecule has 0 aromatic carbocycles. The van der Waals surface area contributed by atoms with E-state index in [4.69, 9.17) is 4.74 Å². The van der Waals surface area contributed by atoms with Gasteiger partial charge in [-0.1, -0.05) is 0 Å². The summed E-state index contributed by atoms with van der Waals surface area (Å²) in [4.78, 5) is 24.2. The Bertz CT molecular complexity index is 368. The topological polar surface area (TPSA) is 51.5 Å². The SMILES string of the molecule is CCOC(=O)c1ccn(C(=O)N(C)C)c1. The van der Waals surface area contributed by atoms with E-state index in [9.17, 15) is 9.59 Å². The largest absolute Gasteiger partial charge is 0.462 e. The van der Waals surface area contributed by atoms with Crippen LogP contribution < -0.4 is 0 Å². The van der Waals surface area contributed by atoms with Gasteiger partial charge in [-0.3, -0.25) is 4.57 Å². The van der Waals surface area contributed by atoms with E-state index in [1.54, 1.807) is 27.1 Å². The van der Waals surface area contributed by atoms with Crippen molar-refractivity contribution in [2.75, 3.05) is 20.7 Å². The third-order valence-electron chi connectivity index (χ3n) is 1.81. The van der Waals surface area contributed by atoms with Crippen LogP contribution in [0.15, 0.2) is 18.5 Å². The molecule has 5 nitrogen and oxygen atoms in total. The van der Waals surface area contributed by atoms with Crippen molar-refractivity contribution in [1.29, 1.82) is 0 Å². The molecule has 1 rings (SSSR count). The second-order valence-electron chi connectivity index (χ2n) is 3.20. The smallest absolute Gasteiger partial charge is 0.339 e. The Labute approximate surface area is 88.2 Å². The van der Waals surface area contributed by atoms with Crippen LogP contribution in [0.2, 0.25) is 0 Å². The number of aromatic nitrogens is 1. The number of esters is 1. The fraction of sp³-hybridized carbons (Fsp3) is 0.400. The molecule has 0 spiro atoms. The van der Waals surface area contributed by atoms with E-state index in [-0.39, 0.29) is 6.03 Å². The zero-order valence-corrected chi connectivity index (χ0v) is 9.06. The lowest BCUT2D eigenvalue weighted by molar-refractivity contribution is 0.0526. The Balaban J connectivity index is 2.80. The monoisotopic (exact) mass is 210 g/mol. The second kappa shape index (κ2) is 4.63. The highest BCUT2D eigenvalue weighted by Crippen LogP contribution is 2.04. The fourth-order valence-corrected chi connectivity index (χ4v) is 1.08. The van der Waals surface area contributed by atoms with Gasteiger partial charge in [0.25, 0.3) is 0 Å². The van der Waals surface area contributed by atoms with Crippen molar-refractivity contribution in [3.05, 3.63) is 24.0 Å². The Morgan fingerprint density at radius 1 is 1.47 bits per heavy atom. The number of nitrogens with zero attached hydrogens (tertiary/aromatic N) is 2. The van der Waals surface area contributed by atoms with Gasteiger partial charge in [0.1, 0.15) is 0 Å². The summed E-state index contributed by atoms with van der Waals surface area (Å²) in [6.45, 7) is 2.06. The van der Waals surface area contributed by atoms with Gasteiger partial charge in [-0.2, -0.15) is 0 Å². The molecule has 0 atom stereocenters. The molecule has 0 saturated heterocycles. The van der Waals surface area contributed by atoms with Gasteiger partial charge in [-0.25, -0.2) is 9.59 Å². The fourth-order valence-electron chi connectivity index (χ4n) is 1.08. The van der Waals surface area contributed by atoms with Crippen molar-refractivity contribution >= 4 is 12.0 Å². The van der Waals surface area contributed by atoms with Crippen LogP contribution in [0, 0.1) is 0 Å². The molecule has 0 radical (unpaired) electrons. The molecule has 0 saturated carbocycles. The first kappa shape index (κ1) is 11.3. The van der Waals surface area contributed by atoms with Crippen molar-refractivity contribution in [1.82, 2.24) is 9.47 Å². The molecule has 1 amide bonds. The average Bonchev–Trinajstić information content (AvgIpc) is 2.65. The van der Waals surface area contributed by atoms with Crippen LogP contribution >= 0.6 is 0 Å². The van der Waals surface area contributed by atoms with Crippen LogP contribution in [0.4, 0.5) is 4.79 Å². The molecule has 15 heavy (non-hydrogen) atoms. The Kier molecular flexibility index (Phi) is 3.49. The molecule has 1 aromatic heterocycles. The Morgan fingerprint density at radius 3 is 2.67 bits per heavy atom. The standard InChI is InChI=1S/C10H14N2O3/c1-4-15-9(13)8-5-6-12(7-8)10(14)11(2)3/h5-7H,4H2,1-3H3. The molecular formula is C10H14N2O3. The zero-order valence-electron chi connectivity index (χ0n) is 9.06. The number of hydrogen-bond donors (Lipinski definition) is 0. The van der Waals surface area contributed by atoms with Gasteiger partial charge in [-0.15, -0.1) is 0 Å². The van der Waals surface area contributed by atoms with E-state index < -0.39 is 5.97 Å². The number of amides is 1. The lowest BCUT2D eigenvalue weighted by Crippen LogP contribution is -2.26. The van der Waals surface area contributed by atoms with Gasteiger partial charge in [0.05, 0.1) is 12.2 Å². The van der Waals surface area contributed by atoms with E-state index in [0.29, 0.717) is 12.2 Å². The van der Waals surface area contributed by atoms with Gasteiger partial charge in [0.2, 0.25) is 0 Å². The number of hydrogen-bond acceptors (Lipinski definition) is 3. The van der Waals surface area contributed by atoms with E-state index in [2.05, 4.69) is 0 Å². The molecule has 82 valence electrons. The third kappa shape index (κ3) is 2.59. The summed E-state index contributed by atoms with van der Waals surface area (Å²) in [6.07, 6.45) is 2.99. The van der Waals surface area contributed by atoms with Gasteiger partial charge >= 0.3 is 12.0 Å². The molecule has 0 aliphatic rings. The lowest BCUT2D eigenvalue weighted by Gasteiger charge is -2.09. The normalized spacial score (nSPS) is 9.80. The second-order valence-corrected chi connectivity index (χ2v) is 3.20. The van der Waals surface area contributed by atoms with E-state index in [1.165, 1.54) is 21.9 Å². The minimum Gasteiger partial charge on any atom is -0.462 e. The van der Waals surface area contributed by atoms with Crippen molar-refractivity contribution in [3.8, 4) is 0 Å². The van der Waals surface area contributed by atoms with Crippen LogP contribution in [0.25, 0.3) is 0 Å². The molecule has 0 N–H and O–H groups in total. The first-order chi connectivity index (χ1) is 7.06. The highest BCUT2D eigenvalue weighted by molar-refractivity contribution is 5.90. The number of rotatable bonds is 2. The molecule has 5 heteroatoms. The summed E-state index contributed by atoms with van der Waals surface area (Å²) in [5.41, 5.74) is 0.382. The summed E-state index contributed by atoms with van der Waals surface area (Å²) in [5, 5.41) is 0. The minimum absolute atomic E-state index is 0.203. The van der Waals surface area contributed by atoms with Crippen molar-refractivity contribution in [3.63, 3.8) is 0 Å². The van der Waals surface area contributed by atoms with E-state index in [1.807, 2.05) is 0 Å². The van der Waals surface area contributed by atoms with Crippen LogP contribution in [0.1, 0.15) is 17.3 Å². The highest BCUT2D eigenvalue weighted by Gasteiger charge is 2.12. The number of carbonyl (C=O) groups excluding carboxylic acids is 2. The van der Waals surface area contributed by atoms with Crippen LogP contribution in [0.5, 0.6) is 0 Å². The molecule has 0 aliphatic heterocycles. The summed E-state index contributed by atoms with van der Waals surface area (Å²) < 4.78 is 6.14. The summed E-state index contributed by atoms with van der Waals surface area (Å²) >= 11 is 0. The first-order valence-corrected chi connectivity index (χ1v) is 4.63. The Morgan fingerprint density at radius 2 is 2.13 bits per heavy atom. The predicted octanol–water partition coefficient (Wildman–Crippen LogP) is 1.19. The third-order valence-corrected chi connectivity index (χ3v) is 1.81. The van der Waals surface area contributed by atoms with Crippen LogP contribution in [-0.4, -0.2) is 42.2 Å². The van der Waals surface area contributed by atoms with Gasteiger partial charge in [0, 0.05) is 26.5 Å². The predicted molar refractivity (Wildman–Crippen MR) is 54.9 cm³/mol. The lowest BCUT2D eigenvalue weighted by atomic mass is 10.3. The van der Waals surface area contributed by atoms with Crippen LogP contribution in [-0.2, 0) is 4.74 Å². The first-order valence-electron chi connectivity index (χ1n) is 4.63. The van der Waals surface area contributed by atoms with Gasteiger partial charge < -0.3 is 9.64 Å². The molecular weight excluding hydrogens is 196 g/mol. The maximum absolute atomic E-state index is 11.5. The van der Waals surface area contributed by atoms with Crippen molar-refractivity contribution < 1.29 is 14.3 Å². The molecule has 0 unspecified atom stereocenters. The molecule has 0 bridgehead atoms. The quantitative estimate of drug-likeness (QED) is 0.689. The summed E-state index contributed by atoms with van der Waals surface area (Å²) in [5.74, 6) is -0.414. The number of carbonyl (C=O) groups is 2. The zero-order chi connectivity index (χ0) is 11.4. The summed E-state index contributed by atoms with van der Waals surface area (Å²) in [7, 11) is 3.29. The van der Waals surface area contributed by atoms with E-state index >= 15 is 0 Å². The molecule has 1 aromatic rings. The van der Waals surface area contributed by atoms with Gasteiger partial charge in [0.15, 0.2) is 0 Å². The number of ether oxygens (including phenoxy) is 1. The summed E-state index contributed by atoms with van der Waals surface area (Å²) in [6, 6.07) is 1.35. The Hall–Kier alpha value is -1.78. The van der Waals surface area contributed by atoms with E-state index in [0.717, 1.165) is 0 Å². The minimum atomic E-state index is -0.414. The average molecular weight is 210 g/mol.